The number of aryl methyl sites for hydroxylation is 2. The van der Waals surface area contributed by atoms with Gasteiger partial charge in [0.25, 0.3) is 5.91 Å². The first-order valence-corrected chi connectivity index (χ1v) is 9.17. The van der Waals surface area contributed by atoms with Gasteiger partial charge in [-0.25, -0.2) is 9.97 Å². The van der Waals surface area contributed by atoms with Crippen LogP contribution in [0.4, 0.5) is 5.95 Å². The summed E-state index contributed by atoms with van der Waals surface area (Å²) in [4.78, 5) is 23.7. The van der Waals surface area contributed by atoms with E-state index in [4.69, 9.17) is 4.42 Å². The zero-order chi connectivity index (χ0) is 18.8. The Hall–Kier alpha value is -3.09. The number of anilines is 1. The van der Waals surface area contributed by atoms with Crippen LogP contribution in [-0.4, -0.2) is 33.5 Å². The van der Waals surface area contributed by atoms with Crippen LogP contribution in [-0.2, 0) is 13.6 Å². The summed E-state index contributed by atoms with van der Waals surface area (Å²) in [6, 6.07) is 5.61. The molecule has 1 N–H and O–H groups in total. The third-order valence-corrected chi connectivity index (χ3v) is 4.82. The van der Waals surface area contributed by atoms with Crippen LogP contribution < -0.4 is 10.2 Å². The van der Waals surface area contributed by atoms with Gasteiger partial charge in [0, 0.05) is 49.9 Å². The maximum Gasteiger partial charge on any atom is 0.268 e. The average molecular weight is 365 g/mol. The Morgan fingerprint density at radius 1 is 1.19 bits per heavy atom. The fraction of sp³-hybridized carbons (Fsp3) is 0.350. The second-order valence-electron chi connectivity index (χ2n) is 6.89. The fourth-order valence-electron chi connectivity index (χ4n) is 3.34. The fourth-order valence-corrected chi connectivity index (χ4v) is 3.34. The topological polar surface area (TPSA) is 76.2 Å². The van der Waals surface area contributed by atoms with Crippen LogP contribution in [0.15, 0.2) is 41.2 Å². The number of carbonyl (C=O) groups excluding carboxylic acids is 1. The van der Waals surface area contributed by atoms with E-state index >= 15 is 0 Å². The van der Waals surface area contributed by atoms with E-state index in [0.717, 1.165) is 41.7 Å². The summed E-state index contributed by atoms with van der Waals surface area (Å²) in [5.41, 5.74) is 2.40. The normalized spacial score (nSPS) is 13.9. The van der Waals surface area contributed by atoms with E-state index in [9.17, 15) is 4.79 Å². The number of carbonyl (C=O) groups is 1. The Balaban J connectivity index is 1.46. The first-order chi connectivity index (χ1) is 13.1. The molecule has 4 rings (SSSR count). The molecule has 1 saturated heterocycles. The molecule has 3 aromatic heterocycles. The van der Waals surface area contributed by atoms with Crippen molar-refractivity contribution in [1.82, 2.24) is 19.9 Å². The molecule has 0 atom stereocenters. The predicted molar refractivity (Wildman–Crippen MR) is 103 cm³/mol. The van der Waals surface area contributed by atoms with Gasteiger partial charge in [-0.3, -0.25) is 4.79 Å². The molecule has 7 nitrogen and oxygen atoms in total. The molecule has 0 spiro atoms. The van der Waals surface area contributed by atoms with E-state index in [1.807, 2.05) is 55.3 Å². The van der Waals surface area contributed by atoms with Crippen molar-refractivity contribution in [2.45, 2.75) is 26.3 Å². The minimum Gasteiger partial charge on any atom is -0.465 e. The minimum atomic E-state index is -0.146. The van der Waals surface area contributed by atoms with Gasteiger partial charge in [-0.15, -0.1) is 0 Å². The van der Waals surface area contributed by atoms with Crippen molar-refractivity contribution < 1.29 is 9.21 Å². The number of aromatic nitrogens is 3. The van der Waals surface area contributed by atoms with Gasteiger partial charge in [-0.2, -0.15) is 0 Å². The van der Waals surface area contributed by atoms with Crippen LogP contribution >= 0.6 is 0 Å². The number of hydrogen-bond donors (Lipinski definition) is 1. The number of hydrogen-bond acceptors (Lipinski definition) is 5. The van der Waals surface area contributed by atoms with E-state index in [1.165, 1.54) is 12.8 Å². The van der Waals surface area contributed by atoms with Crippen molar-refractivity contribution in [1.29, 1.82) is 0 Å². The molecule has 0 unspecified atom stereocenters. The predicted octanol–water partition coefficient (Wildman–Crippen LogP) is 2.91. The van der Waals surface area contributed by atoms with Gasteiger partial charge in [0.05, 0.1) is 6.54 Å². The SMILES string of the molecule is Cc1ccc(CNC(=O)c2cc(-c3cnc(N4CCCC4)nc3)cn2C)o1. The molecule has 0 radical (unpaired) electrons. The Morgan fingerprint density at radius 3 is 2.59 bits per heavy atom. The monoisotopic (exact) mass is 365 g/mol. The summed E-state index contributed by atoms with van der Waals surface area (Å²) < 4.78 is 7.30. The van der Waals surface area contributed by atoms with E-state index in [0.29, 0.717) is 12.2 Å². The van der Waals surface area contributed by atoms with Crippen molar-refractivity contribution in [3.8, 4) is 11.1 Å². The van der Waals surface area contributed by atoms with Crippen molar-refractivity contribution in [2.24, 2.45) is 7.05 Å². The number of nitrogens with zero attached hydrogens (tertiary/aromatic N) is 4. The number of nitrogens with one attached hydrogen (secondary N) is 1. The summed E-state index contributed by atoms with van der Waals surface area (Å²) in [5, 5.41) is 2.89. The van der Waals surface area contributed by atoms with Crippen LogP contribution in [0.2, 0.25) is 0 Å². The van der Waals surface area contributed by atoms with Crippen molar-refractivity contribution in [3.63, 3.8) is 0 Å². The third-order valence-electron chi connectivity index (χ3n) is 4.82. The molecule has 1 aliphatic heterocycles. The molecule has 1 fully saturated rings. The summed E-state index contributed by atoms with van der Waals surface area (Å²) in [7, 11) is 1.86. The molecule has 140 valence electrons. The van der Waals surface area contributed by atoms with Crippen molar-refractivity contribution in [2.75, 3.05) is 18.0 Å². The zero-order valence-electron chi connectivity index (χ0n) is 15.6. The van der Waals surface area contributed by atoms with Crippen LogP contribution in [0.5, 0.6) is 0 Å². The van der Waals surface area contributed by atoms with Gasteiger partial charge in [-0.05, 0) is 38.0 Å². The largest absolute Gasteiger partial charge is 0.465 e. The van der Waals surface area contributed by atoms with Gasteiger partial charge >= 0.3 is 0 Å². The molecule has 0 saturated carbocycles. The molecule has 0 aromatic carbocycles. The number of furan rings is 1. The zero-order valence-corrected chi connectivity index (χ0v) is 15.6. The Kier molecular flexibility index (Phi) is 4.66. The molecule has 7 heteroatoms. The Morgan fingerprint density at radius 2 is 1.93 bits per heavy atom. The highest BCUT2D eigenvalue weighted by atomic mass is 16.3. The molecule has 4 heterocycles. The molecule has 27 heavy (non-hydrogen) atoms. The lowest BCUT2D eigenvalue weighted by Gasteiger charge is -2.14. The van der Waals surface area contributed by atoms with Gasteiger partial charge in [0.1, 0.15) is 17.2 Å². The average Bonchev–Trinajstić information content (AvgIpc) is 3.41. The molecular formula is C20H23N5O2. The smallest absolute Gasteiger partial charge is 0.268 e. The number of rotatable bonds is 5. The lowest BCUT2D eigenvalue weighted by Crippen LogP contribution is -2.24. The lowest BCUT2D eigenvalue weighted by molar-refractivity contribution is 0.0939. The lowest BCUT2D eigenvalue weighted by atomic mass is 10.2. The van der Waals surface area contributed by atoms with E-state index in [-0.39, 0.29) is 5.91 Å². The maximum absolute atomic E-state index is 12.5. The quantitative estimate of drug-likeness (QED) is 0.752. The highest BCUT2D eigenvalue weighted by molar-refractivity contribution is 5.94. The second kappa shape index (κ2) is 7.26. The van der Waals surface area contributed by atoms with E-state index in [2.05, 4.69) is 20.2 Å². The highest BCUT2D eigenvalue weighted by Gasteiger charge is 2.16. The first-order valence-electron chi connectivity index (χ1n) is 9.17. The summed E-state index contributed by atoms with van der Waals surface area (Å²) in [5.74, 6) is 2.20. The molecule has 0 aliphatic carbocycles. The second-order valence-corrected chi connectivity index (χ2v) is 6.89. The molecule has 1 amide bonds. The molecule has 0 bridgehead atoms. The summed E-state index contributed by atoms with van der Waals surface area (Å²) in [6.07, 6.45) is 7.95. The van der Waals surface area contributed by atoms with Gasteiger partial charge < -0.3 is 19.2 Å². The molecular weight excluding hydrogens is 342 g/mol. The standard InChI is InChI=1S/C20H23N5O2/c1-14-5-6-17(27-14)12-21-19(26)18-9-15(13-24(18)2)16-10-22-20(23-11-16)25-7-3-4-8-25/h5-6,9-11,13H,3-4,7-8,12H2,1-2H3,(H,21,26). The summed E-state index contributed by atoms with van der Waals surface area (Å²) >= 11 is 0. The number of amides is 1. The van der Waals surface area contributed by atoms with Crippen molar-refractivity contribution in [3.05, 3.63) is 54.0 Å². The van der Waals surface area contributed by atoms with Gasteiger partial charge in [-0.1, -0.05) is 0 Å². The van der Waals surface area contributed by atoms with Crippen molar-refractivity contribution >= 4 is 11.9 Å². The van der Waals surface area contributed by atoms with Crippen LogP contribution in [0.3, 0.4) is 0 Å². The van der Waals surface area contributed by atoms with Crippen LogP contribution in [0.25, 0.3) is 11.1 Å². The van der Waals surface area contributed by atoms with Gasteiger partial charge in [0.15, 0.2) is 0 Å². The van der Waals surface area contributed by atoms with Crippen LogP contribution in [0.1, 0.15) is 34.9 Å². The molecule has 3 aromatic rings. The Labute approximate surface area is 158 Å². The van der Waals surface area contributed by atoms with E-state index < -0.39 is 0 Å². The first kappa shape index (κ1) is 17.3. The van der Waals surface area contributed by atoms with Crippen LogP contribution in [0, 0.1) is 6.92 Å². The minimum absolute atomic E-state index is 0.146. The molecule has 1 aliphatic rings. The summed E-state index contributed by atoms with van der Waals surface area (Å²) in [6.45, 7) is 4.28. The van der Waals surface area contributed by atoms with Gasteiger partial charge in [0.2, 0.25) is 5.95 Å². The van der Waals surface area contributed by atoms with E-state index in [1.54, 1.807) is 0 Å². The Bertz CT molecular complexity index is 936. The third kappa shape index (κ3) is 3.72. The highest BCUT2D eigenvalue weighted by Crippen LogP contribution is 2.23. The maximum atomic E-state index is 12.5.